The molecule has 0 amide bonds. The Bertz CT molecular complexity index is 702. The first-order chi connectivity index (χ1) is 9.99. The molecule has 0 radical (unpaired) electrons. The lowest BCUT2D eigenvalue weighted by molar-refractivity contribution is 0.394. The highest BCUT2D eigenvalue weighted by Crippen LogP contribution is 2.18. The lowest BCUT2D eigenvalue weighted by Gasteiger charge is -2.10. The van der Waals surface area contributed by atoms with E-state index in [1.807, 2.05) is 44.4 Å². The van der Waals surface area contributed by atoms with Crippen molar-refractivity contribution in [2.45, 2.75) is 17.7 Å². The molecule has 4 nitrogen and oxygen atoms in total. The minimum Gasteiger partial charge on any atom is -0.309 e. The summed E-state index contributed by atoms with van der Waals surface area (Å²) in [6, 6.07) is 13.0. The van der Waals surface area contributed by atoms with Gasteiger partial charge in [-0.15, -0.1) is 12.4 Å². The van der Waals surface area contributed by atoms with Crippen LogP contribution in [-0.2, 0) is 10.0 Å². The summed E-state index contributed by atoms with van der Waals surface area (Å²) >= 11 is 0. The zero-order valence-electron chi connectivity index (χ0n) is 13.0. The summed E-state index contributed by atoms with van der Waals surface area (Å²) in [6.07, 6.45) is 1.82. The molecule has 0 aromatic heterocycles. The van der Waals surface area contributed by atoms with Crippen molar-refractivity contribution in [2.75, 3.05) is 27.2 Å². The molecular formula is C16H23ClN2O2S. The Kier molecular flexibility index (Phi) is 7.29. The highest BCUT2D eigenvalue weighted by Gasteiger charge is 2.13. The molecule has 0 saturated heterocycles. The van der Waals surface area contributed by atoms with E-state index in [9.17, 15) is 8.42 Å². The van der Waals surface area contributed by atoms with Crippen molar-refractivity contribution in [3.05, 3.63) is 42.5 Å². The molecule has 0 bridgehead atoms. The van der Waals surface area contributed by atoms with Crippen molar-refractivity contribution >= 4 is 33.2 Å². The van der Waals surface area contributed by atoms with Crippen LogP contribution in [0.3, 0.4) is 0 Å². The zero-order valence-corrected chi connectivity index (χ0v) is 14.6. The number of hydrogen-bond donors (Lipinski definition) is 1. The number of fused-ring (bicyclic) bond motifs is 1. The van der Waals surface area contributed by atoms with Gasteiger partial charge in [-0.25, -0.2) is 13.1 Å². The summed E-state index contributed by atoms with van der Waals surface area (Å²) in [5.41, 5.74) is 0. The molecule has 0 aliphatic carbocycles. The number of hydrogen-bond acceptors (Lipinski definition) is 3. The third-order valence-electron chi connectivity index (χ3n) is 3.36. The van der Waals surface area contributed by atoms with Crippen LogP contribution in [0.5, 0.6) is 0 Å². The Hall–Kier alpha value is -1.14. The van der Waals surface area contributed by atoms with Crippen molar-refractivity contribution in [1.82, 2.24) is 9.62 Å². The van der Waals surface area contributed by atoms with Gasteiger partial charge in [0.1, 0.15) is 0 Å². The molecule has 2 aromatic rings. The van der Waals surface area contributed by atoms with Crippen molar-refractivity contribution in [1.29, 1.82) is 0 Å². The van der Waals surface area contributed by atoms with Gasteiger partial charge >= 0.3 is 0 Å². The Morgan fingerprint density at radius 1 is 1.00 bits per heavy atom. The first-order valence-corrected chi connectivity index (χ1v) is 8.60. The SMILES string of the molecule is CN(C)CCCCNS(=O)(=O)c1ccc2ccccc2c1.Cl. The minimum absolute atomic E-state index is 0. The molecule has 0 fully saturated rings. The first-order valence-electron chi connectivity index (χ1n) is 7.12. The van der Waals surface area contributed by atoms with Crippen molar-refractivity contribution in [2.24, 2.45) is 0 Å². The number of nitrogens with one attached hydrogen (secondary N) is 1. The molecular weight excluding hydrogens is 320 g/mol. The molecule has 0 heterocycles. The third-order valence-corrected chi connectivity index (χ3v) is 4.81. The number of sulfonamides is 1. The molecule has 0 aliphatic heterocycles. The van der Waals surface area contributed by atoms with Crippen molar-refractivity contribution in [3.8, 4) is 0 Å². The molecule has 2 aromatic carbocycles. The Labute approximate surface area is 139 Å². The second-order valence-electron chi connectivity index (χ2n) is 5.42. The Morgan fingerprint density at radius 2 is 1.68 bits per heavy atom. The van der Waals surface area contributed by atoms with E-state index in [4.69, 9.17) is 0 Å². The predicted molar refractivity (Wildman–Crippen MR) is 94.2 cm³/mol. The molecule has 1 N–H and O–H groups in total. The van der Waals surface area contributed by atoms with Gasteiger partial charge in [-0.3, -0.25) is 0 Å². The van der Waals surface area contributed by atoms with E-state index in [2.05, 4.69) is 9.62 Å². The molecule has 0 aliphatic rings. The normalized spacial score (nSPS) is 11.6. The topological polar surface area (TPSA) is 49.4 Å². The highest BCUT2D eigenvalue weighted by molar-refractivity contribution is 7.89. The van der Waals surface area contributed by atoms with E-state index in [1.54, 1.807) is 12.1 Å². The average Bonchev–Trinajstić information content (AvgIpc) is 2.46. The van der Waals surface area contributed by atoms with E-state index < -0.39 is 10.0 Å². The molecule has 6 heteroatoms. The maximum absolute atomic E-state index is 12.3. The molecule has 0 atom stereocenters. The van der Waals surface area contributed by atoms with Gasteiger partial charge in [0.2, 0.25) is 10.0 Å². The van der Waals surface area contributed by atoms with Crippen LogP contribution in [-0.4, -0.2) is 40.5 Å². The Balaban J connectivity index is 0.00000242. The van der Waals surface area contributed by atoms with Crippen LogP contribution in [0, 0.1) is 0 Å². The lowest BCUT2D eigenvalue weighted by atomic mass is 10.1. The standard InChI is InChI=1S/C16H22N2O2S.ClH/c1-18(2)12-6-5-11-17-21(19,20)16-10-9-14-7-3-4-8-15(14)13-16;/h3-4,7-10,13,17H,5-6,11-12H2,1-2H3;1H. The van der Waals surface area contributed by atoms with Gasteiger partial charge in [0.15, 0.2) is 0 Å². The summed E-state index contributed by atoms with van der Waals surface area (Å²) in [5, 5.41) is 1.98. The fourth-order valence-corrected chi connectivity index (χ4v) is 3.29. The first kappa shape index (κ1) is 18.9. The molecule has 2 rings (SSSR count). The highest BCUT2D eigenvalue weighted by atomic mass is 35.5. The smallest absolute Gasteiger partial charge is 0.240 e. The maximum atomic E-state index is 12.3. The second kappa shape index (κ2) is 8.48. The fourth-order valence-electron chi connectivity index (χ4n) is 2.18. The quantitative estimate of drug-likeness (QED) is 0.787. The van der Waals surface area contributed by atoms with Gasteiger partial charge in [-0.05, 0) is 56.4 Å². The van der Waals surface area contributed by atoms with Gasteiger partial charge in [0.25, 0.3) is 0 Å². The van der Waals surface area contributed by atoms with Crippen LogP contribution in [0.25, 0.3) is 10.8 Å². The number of halogens is 1. The summed E-state index contributed by atoms with van der Waals surface area (Å²) in [7, 11) is 0.610. The van der Waals surface area contributed by atoms with Gasteiger partial charge in [0, 0.05) is 6.54 Å². The van der Waals surface area contributed by atoms with Crippen molar-refractivity contribution < 1.29 is 8.42 Å². The largest absolute Gasteiger partial charge is 0.309 e. The van der Waals surface area contributed by atoms with Crippen LogP contribution in [0.15, 0.2) is 47.4 Å². The van der Waals surface area contributed by atoms with E-state index in [0.717, 1.165) is 30.2 Å². The Morgan fingerprint density at radius 3 is 2.36 bits per heavy atom. The van der Waals surface area contributed by atoms with Crippen LogP contribution in [0.2, 0.25) is 0 Å². The number of benzene rings is 2. The molecule has 22 heavy (non-hydrogen) atoms. The van der Waals surface area contributed by atoms with Crippen LogP contribution >= 0.6 is 12.4 Å². The van der Waals surface area contributed by atoms with E-state index in [1.165, 1.54) is 0 Å². The molecule has 0 saturated carbocycles. The molecule has 0 spiro atoms. The average molecular weight is 343 g/mol. The van der Waals surface area contributed by atoms with Crippen LogP contribution < -0.4 is 4.72 Å². The maximum Gasteiger partial charge on any atom is 0.240 e. The zero-order chi connectivity index (χ0) is 15.3. The second-order valence-corrected chi connectivity index (χ2v) is 7.18. The van der Waals surface area contributed by atoms with Crippen LogP contribution in [0.4, 0.5) is 0 Å². The monoisotopic (exact) mass is 342 g/mol. The molecule has 0 unspecified atom stereocenters. The fraction of sp³-hybridized carbons (Fsp3) is 0.375. The number of nitrogens with zero attached hydrogens (tertiary/aromatic N) is 1. The van der Waals surface area contributed by atoms with E-state index in [-0.39, 0.29) is 12.4 Å². The summed E-state index contributed by atoms with van der Waals surface area (Å²) in [6.45, 7) is 1.45. The lowest BCUT2D eigenvalue weighted by Crippen LogP contribution is -2.25. The predicted octanol–water partition coefficient (Wildman–Crippen LogP) is 2.88. The summed E-state index contributed by atoms with van der Waals surface area (Å²) < 4.78 is 27.2. The van der Waals surface area contributed by atoms with Crippen LogP contribution in [0.1, 0.15) is 12.8 Å². The summed E-state index contributed by atoms with van der Waals surface area (Å²) in [4.78, 5) is 2.42. The molecule has 122 valence electrons. The summed E-state index contributed by atoms with van der Waals surface area (Å²) in [5.74, 6) is 0. The van der Waals surface area contributed by atoms with E-state index >= 15 is 0 Å². The van der Waals surface area contributed by atoms with Crippen molar-refractivity contribution in [3.63, 3.8) is 0 Å². The number of unbranched alkanes of at least 4 members (excludes halogenated alkanes) is 1. The number of rotatable bonds is 7. The minimum atomic E-state index is -3.42. The third kappa shape index (κ3) is 5.25. The van der Waals surface area contributed by atoms with Gasteiger partial charge in [-0.2, -0.15) is 0 Å². The van der Waals surface area contributed by atoms with Gasteiger partial charge in [0.05, 0.1) is 4.90 Å². The van der Waals surface area contributed by atoms with E-state index in [0.29, 0.717) is 11.4 Å². The van der Waals surface area contributed by atoms with Gasteiger partial charge < -0.3 is 4.90 Å². The van der Waals surface area contributed by atoms with Gasteiger partial charge in [-0.1, -0.05) is 30.3 Å².